The second kappa shape index (κ2) is 8.70. The molecular formula is C21H22Cl2N4O3. The number of likely N-dealkylation sites (tertiary alicyclic amines) is 1. The zero-order valence-electron chi connectivity index (χ0n) is 16.6. The molecule has 7 nitrogen and oxygen atoms in total. The van der Waals surface area contributed by atoms with Gasteiger partial charge in [0.1, 0.15) is 5.75 Å². The molecule has 1 fully saturated rings. The highest BCUT2D eigenvalue weighted by Crippen LogP contribution is 2.27. The Bertz CT molecular complexity index is 1130. The first-order chi connectivity index (χ1) is 14.4. The van der Waals surface area contributed by atoms with Crippen LogP contribution in [0, 0.1) is 5.92 Å². The molecule has 1 amide bonds. The summed E-state index contributed by atoms with van der Waals surface area (Å²) in [7, 11) is 1.76. The number of pyridine rings is 1. The SMILES string of the molecule is Cn1c(=O)n(CC2CCN(C(=O)COc3ccc(Cl)cc3Cl)CC2)c2ncccc21. The van der Waals surface area contributed by atoms with Gasteiger partial charge in [-0.3, -0.25) is 13.9 Å². The second-order valence-corrected chi connectivity index (χ2v) is 8.33. The summed E-state index contributed by atoms with van der Waals surface area (Å²) >= 11 is 12.0. The van der Waals surface area contributed by atoms with Crippen LogP contribution in [0.1, 0.15) is 12.8 Å². The Balaban J connectivity index is 1.33. The molecule has 0 bridgehead atoms. The fourth-order valence-corrected chi connectivity index (χ4v) is 4.31. The first-order valence-electron chi connectivity index (χ1n) is 9.80. The minimum atomic E-state index is -0.0801. The number of nitrogens with zero attached hydrogens (tertiary/aromatic N) is 4. The molecule has 30 heavy (non-hydrogen) atoms. The van der Waals surface area contributed by atoms with Gasteiger partial charge in [0.05, 0.1) is 10.5 Å². The monoisotopic (exact) mass is 448 g/mol. The molecule has 1 saturated heterocycles. The van der Waals surface area contributed by atoms with Crippen molar-refractivity contribution in [2.45, 2.75) is 19.4 Å². The maximum Gasteiger partial charge on any atom is 0.330 e. The van der Waals surface area contributed by atoms with E-state index in [0.717, 1.165) is 18.4 Å². The molecule has 0 aliphatic carbocycles. The Labute approximate surface area is 183 Å². The Morgan fingerprint density at radius 1 is 1.23 bits per heavy atom. The number of ether oxygens (including phenoxy) is 1. The van der Waals surface area contributed by atoms with E-state index in [1.54, 1.807) is 45.5 Å². The van der Waals surface area contributed by atoms with Gasteiger partial charge in [-0.05, 0) is 49.1 Å². The van der Waals surface area contributed by atoms with Crippen LogP contribution in [0.15, 0.2) is 41.3 Å². The first kappa shape index (κ1) is 20.8. The molecule has 1 aliphatic heterocycles. The van der Waals surface area contributed by atoms with Crippen molar-refractivity contribution in [2.75, 3.05) is 19.7 Å². The van der Waals surface area contributed by atoms with E-state index in [-0.39, 0.29) is 18.2 Å². The highest BCUT2D eigenvalue weighted by molar-refractivity contribution is 6.35. The summed E-state index contributed by atoms with van der Waals surface area (Å²) in [6.07, 6.45) is 3.35. The number of imidazole rings is 1. The molecule has 2 aromatic heterocycles. The van der Waals surface area contributed by atoms with E-state index in [0.29, 0.717) is 47.0 Å². The molecule has 1 aliphatic rings. The lowest BCUT2D eigenvalue weighted by Gasteiger charge is -2.32. The smallest absolute Gasteiger partial charge is 0.330 e. The lowest BCUT2D eigenvalue weighted by atomic mass is 9.96. The van der Waals surface area contributed by atoms with Crippen molar-refractivity contribution in [1.82, 2.24) is 19.0 Å². The van der Waals surface area contributed by atoms with Gasteiger partial charge in [-0.2, -0.15) is 0 Å². The fourth-order valence-electron chi connectivity index (χ4n) is 3.84. The first-order valence-corrected chi connectivity index (χ1v) is 10.6. The van der Waals surface area contributed by atoms with Crippen molar-refractivity contribution in [1.29, 1.82) is 0 Å². The predicted molar refractivity (Wildman–Crippen MR) is 116 cm³/mol. The van der Waals surface area contributed by atoms with Crippen molar-refractivity contribution in [3.05, 3.63) is 57.1 Å². The van der Waals surface area contributed by atoms with Gasteiger partial charge < -0.3 is 9.64 Å². The number of amides is 1. The average Bonchev–Trinajstić information content (AvgIpc) is 2.98. The lowest BCUT2D eigenvalue weighted by Crippen LogP contribution is -2.42. The third-order valence-electron chi connectivity index (χ3n) is 5.55. The normalized spacial score (nSPS) is 15.0. The highest BCUT2D eigenvalue weighted by atomic mass is 35.5. The molecule has 1 aromatic carbocycles. The number of carbonyl (C=O) groups is 1. The molecule has 0 unspecified atom stereocenters. The van der Waals surface area contributed by atoms with Crippen LogP contribution in [-0.4, -0.2) is 44.6 Å². The van der Waals surface area contributed by atoms with Crippen LogP contribution in [0.4, 0.5) is 0 Å². The second-order valence-electron chi connectivity index (χ2n) is 7.49. The van der Waals surface area contributed by atoms with E-state index in [1.165, 1.54) is 0 Å². The molecule has 9 heteroatoms. The van der Waals surface area contributed by atoms with Crippen molar-refractivity contribution in [2.24, 2.45) is 13.0 Å². The van der Waals surface area contributed by atoms with Gasteiger partial charge >= 0.3 is 5.69 Å². The number of hydrogen-bond acceptors (Lipinski definition) is 4. The third kappa shape index (κ3) is 4.18. The van der Waals surface area contributed by atoms with Crippen molar-refractivity contribution < 1.29 is 9.53 Å². The predicted octanol–water partition coefficient (Wildman–Crippen LogP) is 3.36. The third-order valence-corrected chi connectivity index (χ3v) is 6.08. The van der Waals surface area contributed by atoms with Gasteiger partial charge in [0.15, 0.2) is 12.3 Å². The van der Waals surface area contributed by atoms with Gasteiger partial charge in [0, 0.05) is 37.9 Å². The van der Waals surface area contributed by atoms with E-state index < -0.39 is 0 Å². The topological polar surface area (TPSA) is 69.4 Å². The van der Waals surface area contributed by atoms with Crippen LogP contribution in [0.25, 0.3) is 11.2 Å². The number of fused-ring (bicyclic) bond motifs is 1. The van der Waals surface area contributed by atoms with Crippen molar-refractivity contribution in [3.8, 4) is 5.75 Å². The fraction of sp³-hybridized carbons (Fsp3) is 0.381. The molecule has 0 radical (unpaired) electrons. The van der Waals surface area contributed by atoms with Crippen molar-refractivity contribution >= 4 is 40.3 Å². The van der Waals surface area contributed by atoms with E-state index in [4.69, 9.17) is 27.9 Å². The van der Waals surface area contributed by atoms with Crippen LogP contribution in [0.5, 0.6) is 5.75 Å². The van der Waals surface area contributed by atoms with E-state index in [9.17, 15) is 9.59 Å². The van der Waals surface area contributed by atoms with Crippen LogP contribution in [0.2, 0.25) is 10.0 Å². The van der Waals surface area contributed by atoms with E-state index >= 15 is 0 Å². The van der Waals surface area contributed by atoms with Gasteiger partial charge in [0.2, 0.25) is 0 Å². The maximum atomic E-state index is 12.6. The molecule has 3 aromatic rings. The summed E-state index contributed by atoms with van der Waals surface area (Å²) in [4.78, 5) is 31.3. The lowest BCUT2D eigenvalue weighted by molar-refractivity contribution is -0.134. The summed E-state index contributed by atoms with van der Waals surface area (Å²) in [5.74, 6) is 0.668. The number of aromatic nitrogens is 3. The maximum absolute atomic E-state index is 12.6. The summed E-state index contributed by atoms with van der Waals surface area (Å²) in [5, 5.41) is 0.893. The Kier molecular flexibility index (Phi) is 6.01. The summed E-state index contributed by atoms with van der Waals surface area (Å²) in [5.41, 5.74) is 1.47. The van der Waals surface area contributed by atoms with Gasteiger partial charge in [-0.1, -0.05) is 23.2 Å². The zero-order chi connectivity index (χ0) is 21.3. The summed E-state index contributed by atoms with van der Waals surface area (Å²) < 4.78 is 8.92. The Morgan fingerprint density at radius 2 is 2.00 bits per heavy atom. The van der Waals surface area contributed by atoms with Crippen LogP contribution in [-0.2, 0) is 18.4 Å². The molecule has 4 rings (SSSR count). The number of piperidine rings is 1. The molecular weight excluding hydrogens is 427 g/mol. The minimum absolute atomic E-state index is 0.0598. The van der Waals surface area contributed by atoms with E-state index in [1.807, 2.05) is 12.1 Å². The Hall–Kier alpha value is -2.51. The van der Waals surface area contributed by atoms with Gasteiger partial charge in [-0.15, -0.1) is 0 Å². The highest BCUT2D eigenvalue weighted by Gasteiger charge is 2.25. The number of rotatable bonds is 5. The molecule has 0 atom stereocenters. The van der Waals surface area contributed by atoms with E-state index in [2.05, 4.69) is 4.98 Å². The van der Waals surface area contributed by atoms with Crippen LogP contribution >= 0.6 is 23.2 Å². The number of aryl methyl sites for hydroxylation is 1. The van der Waals surface area contributed by atoms with Crippen LogP contribution in [0.3, 0.4) is 0 Å². The molecule has 158 valence electrons. The number of carbonyl (C=O) groups excluding carboxylic acids is 1. The molecule has 3 heterocycles. The number of benzene rings is 1. The average molecular weight is 449 g/mol. The Morgan fingerprint density at radius 3 is 2.73 bits per heavy atom. The summed E-state index contributed by atoms with van der Waals surface area (Å²) in [6, 6.07) is 8.63. The minimum Gasteiger partial charge on any atom is -0.482 e. The van der Waals surface area contributed by atoms with Crippen molar-refractivity contribution in [3.63, 3.8) is 0 Å². The number of hydrogen-bond donors (Lipinski definition) is 0. The van der Waals surface area contributed by atoms with Crippen LogP contribution < -0.4 is 10.4 Å². The standard InChI is InChI=1S/C21H22Cl2N4O3/c1-25-17-3-2-8-24-20(17)27(21(25)29)12-14-6-9-26(10-7-14)19(28)13-30-18-5-4-15(22)11-16(18)23/h2-5,8,11,14H,6-7,9-10,12-13H2,1H3. The molecule has 0 saturated carbocycles. The largest absolute Gasteiger partial charge is 0.482 e. The summed E-state index contributed by atoms with van der Waals surface area (Å²) in [6.45, 7) is 1.80. The molecule has 0 N–H and O–H groups in total. The quantitative estimate of drug-likeness (QED) is 0.599. The zero-order valence-corrected chi connectivity index (χ0v) is 18.1. The van der Waals surface area contributed by atoms with Gasteiger partial charge in [-0.25, -0.2) is 9.78 Å². The van der Waals surface area contributed by atoms with Gasteiger partial charge in [0.25, 0.3) is 5.91 Å². The number of halogens is 2. The molecule has 0 spiro atoms.